The van der Waals surface area contributed by atoms with E-state index in [1.807, 2.05) is 6.92 Å². The molecule has 0 aliphatic carbocycles. The van der Waals surface area contributed by atoms with Gasteiger partial charge in [0.2, 0.25) is 0 Å². The maximum absolute atomic E-state index is 11.4. The van der Waals surface area contributed by atoms with Crippen LogP contribution in [0.3, 0.4) is 0 Å². The van der Waals surface area contributed by atoms with Gasteiger partial charge in [0.25, 0.3) is 0 Å². The summed E-state index contributed by atoms with van der Waals surface area (Å²) in [4.78, 5) is 13.6. The Balaban J connectivity index is 2.29. The van der Waals surface area contributed by atoms with Gasteiger partial charge in [0.1, 0.15) is 5.78 Å². The number of hydrogen-bond donors (Lipinski definition) is 0. The lowest BCUT2D eigenvalue weighted by atomic mass is 10.2. The molecule has 1 unspecified atom stereocenters. The third-order valence-electron chi connectivity index (χ3n) is 2.41. The molecule has 0 aromatic carbocycles. The molecule has 3 heteroatoms. The molecule has 1 rings (SSSR count). The molecule has 0 bridgehead atoms. The minimum absolute atomic E-state index is 0.358. The Labute approximate surface area is 80.1 Å². The van der Waals surface area contributed by atoms with Crippen LogP contribution in [0.25, 0.3) is 0 Å². The van der Waals surface area contributed by atoms with Crippen molar-refractivity contribution in [2.24, 2.45) is 0 Å². The van der Waals surface area contributed by atoms with Crippen molar-refractivity contribution >= 4 is 5.78 Å². The molecule has 0 spiro atoms. The van der Waals surface area contributed by atoms with Gasteiger partial charge in [-0.1, -0.05) is 6.92 Å². The molecule has 3 nitrogen and oxygen atoms in total. The SMILES string of the molecule is CCCC(=O)CN1CCOCC1C. The van der Waals surface area contributed by atoms with Crippen molar-refractivity contribution in [3.05, 3.63) is 0 Å². The second kappa shape index (κ2) is 5.35. The maximum atomic E-state index is 11.4. The van der Waals surface area contributed by atoms with Gasteiger partial charge in [0.15, 0.2) is 0 Å². The minimum atomic E-state index is 0.358. The van der Waals surface area contributed by atoms with Crippen molar-refractivity contribution in [3.63, 3.8) is 0 Å². The summed E-state index contributed by atoms with van der Waals surface area (Å²) in [7, 11) is 0. The molecule has 0 radical (unpaired) electrons. The van der Waals surface area contributed by atoms with Crippen molar-refractivity contribution in [1.82, 2.24) is 4.90 Å². The summed E-state index contributed by atoms with van der Waals surface area (Å²) in [5.74, 6) is 0.358. The van der Waals surface area contributed by atoms with Gasteiger partial charge in [-0.2, -0.15) is 0 Å². The van der Waals surface area contributed by atoms with Crippen LogP contribution in [0.15, 0.2) is 0 Å². The highest BCUT2D eigenvalue weighted by Gasteiger charge is 2.20. The van der Waals surface area contributed by atoms with Crippen LogP contribution >= 0.6 is 0 Å². The standard InChI is InChI=1S/C10H19NO2/c1-3-4-10(12)7-11-5-6-13-8-9(11)2/h9H,3-8H2,1-2H3. The number of morpholine rings is 1. The van der Waals surface area contributed by atoms with E-state index < -0.39 is 0 Å². The first-order valence-electron chi connectivity index (χ1n) is 5.07. The van der Waals surface area contributed by atoms with Crippen molar-refractivity contribution in [1.29, 1.82) is 0 Å². The van der Waals surface area contributed by atoms with Gasteiger partial charge in [-0.05, 0) is 13.3 Å². The smallest absolute Gasteiger partial charge is 0.146 e. The van der Waals surface area contributed by atoms with E-state index in [0.717, 1.165) is 26.2 Å². The molecular formula is C10H19NO2. The molecule has 1 heterocycles. The van der Waals surface area contributed by atoms with Crippen LogP contribution in [0, 0.1) is 0 Å². The lowest BCUT2D eigenvalue weighted by Gasteiger charge is -2.32. The summed E-state index contributed by atoms with van der Waals surface area (Å²) in [6.45, 7) is 7.19. The largest absolute Gasteiger partial charge is 0.379 e. The Morgan fingerprint density at radius 1 is 1.62 bits per heavy atom. The second-order valence-corrected chi connectivity index (χ2v) is 3.68. The molecule has 0 aromatic heterocycles. The lowest BCUT2D eigenvalue weighted by Crippen LogP contribution is -2.45. The number of ether oxygens (including phenoxy) is 1. The summed E-state index contributed by atoms with van der Waals surface area (Å²) >= 11 is 0. The van der Waals surface area contributed by atoms with Gasteiger partial charge >= 0.3 is 0 Å². The highest BCUT2D eigenvalue weighted by molar-refractivity contribution is 5.80. The molecule has 1 saturated heterocycles. The minimum Gasteiger partial charge on any atom is -0.379 e. The Bertz CT molecular complexity index is 170. The van der Waals surface area contributed by atoms with Crippen molar-refractivity contribution in [3.8, 4) is 0 Å². The van der Waals surface area contributed by atoms with E-state index in [1.54, 1.807) is 0 Å². The monoisotopic (exact) mass is 185 g/mol. The van der Waals surface area contributed by atoms with E-state index in [1.165, 1.54) is 0 Å². The lowest BCUT2D eigenvalue weighted by molar-refractivity contribution is -0.122. The first-order chi connectivity index (χ1) is 6.24. The Hall–Kier alpha value is -0.410. The first-order valence-corrected chi connectivity index (χ1v) is 5.07. The number of hydrogen-bond acceptors (Lipinski definition) is 3. The van der Waals surface area contributed by atoms with E-state index >= 15 is 0 Å². The fourth-order valence-electron chi connectivity index (χ4n) is 1.58. The summed E-state index contributed by atoms with van der Waals surface area (Å²) < 4.78 is 5.30. The number of carbonyl (C=O) groups excluding carboxylic acids is 1. The fraction of sp³-hybridized carbons (Fsp3) is 0.900. The normalized spacial score (nSPS) is 24.6. The van der Waals surface area contributed by atoms with E-state index in [2.05, 4.69) is 11.8 Å². The third kappa shape index (κ3) is 3.44. The maximum Gasteiger partial charge on any atom is 0.146 e. The molecule has 76 valence electrons. The summed E-state index contributed by atoms with van der Waals surface area (Å²) in [5.41, 5.74) is 0. The van der Waals surface area contributed by atoms with Gasteiger partial charge < -0.3 is 4.74 Å². The van der Waals surface area contributed by atoms with Crippen LogP contribution in [-0.2, 0) is 9.53 Å². The third-order valence-corrected chi connectivity index (χ3v) is 2.41. The van der Waals surface area contributed by atoms with Crippen molar-refractivity contribution in [2.45, 2.75) is 32.7 Å². The van der Waals surface area contributed by atoms with Gasteiger partial charge in [-0.25, -0.2) is 0 Å². The van der Waals surface area contributed by atoms with Crippen LogP contribution in [0.2, 0.25) is 0 Å². The second-order valence-electron chi connectivity index (χ2n) is 3.68. The van der Waals surface area contributed by atoms with Crippen molar-refractivity contribution < 1.29 is 9.53 Å². The van der Waals surface area contributed by atoms with Crippen LogP contribution in [0.4, 0.5) is 0 Å². The van der Waals surface area contributed by atoms with Crippen LogP contribution in [0.5, 0.6) is 0 Å². The first kappa shape index (κ1) is 10.7. The van der Waals surface area contributed by atoms with Crippen LogP contribution in [-0.4, -0.2) is 43.0 Å². The quantitative estimate of drug-likeness (QED) is 0.656. The van der Waals surface area contributed by atoms with Crippen molar-refractivity contribution in [2.75, 3.05) is 26.3 Å². The van der Waals surface area contributed by atoms with Gasteiger partial charge in [-0.15, -0.1) is 0 Å². The van der Waals surface area contributed by atoms with E-state index in [0.29, 0.717) is 24.8 Å². The van der Waals surface area contributed by atoms with E-state index in [4.69, 9.17) is 4.74 Å². The number of Topliss-reactive ketones (excluding diaryl/α,β-unsaturated/α-hetero) is 1. The number of nitrogens with zero attached hydrogens (tertiary/aromatic N) is 1. The molecule has 13 heavy (non-hydrogen) atoms. The summed E-state index contributed by atoms with van der Waals surface area (Å²) in [5, 5.41) is 0. The highest BCUT2D eigenvalue weighted by atomic mass is 16.5. The average molecular weight is 185 g/mol. The highest BCUT2D eigenvalue weighted by Crippen LogP contribution is 2.06. The Morgan fingerprint density at radius 2 is 2.38 bits per heavy atom. The zero-order valence-corrected chi connectivity index (χ0v) is 8.58. The molecule has 1 aliphatic heterocycles. The summed E-state index contributed by atoms with van der Waals surface area (Å²) in [6, 6.07) is 0.398. The van der Waals surface area contributed by atoms with Gasteiger partial charge in [-0.3, -0.25) is 9.69 Å². The molecular weight excluding hydrogens is 166 g/mol. The number of rotatable bonds is 4. The topological polar surface area (TPSA) is 29.5 Å². The zero-order valence-electron chi connectivity index (χ0n) is 8.58. The van der Waals surface area contributed by atoms with Crippen LogP contribution < -0.4 is 0 Å². The zero-order chi connectivity index (χ0) is 9.68. The van der Waals surface area contributed by atoms with Crippen LogP contribution in [0.1, 0.15) is 26.7 Å². The summed E-state index contributed by atoms with van der Waals surface area (Å²) in [6.07, 6.45) is 1.67. The predicted molar refractivity (Wildman–Crippen MR) is 51.8 cm³/mol. The molecule has 0 amide bonds. The van der Waals surface area contributed by atoms with Gasteiger partial charge in [0, 0.05) is 19.0 Å². The molecule has 0 aromatic rings. The van der Waals surface area contributed by atoms with Gasteiger partial charge in [0.05, 0.1) is 19.8 Å². The Kier molecular flexibility index (Phi) is 4.39. The molecule has 0 saturated carbocycles. The predicted octanol–water partition coefficient (Wildman–Crippen LogP) is 1.08. The fourth-order valence-corrected chi connectivity index (χ4v) is 1.58. The number of ketones is 1. The molecule has 1 fully saturated rings. The van der Waals surface area contributed by atoms with E-state index in [9.17, 15) is 4.79 Å². The average Bonchev–Trinajstić information content (AvgIpc) is 2.09. The number of carbonyl (C=O) groups is 1. The van der Waals surface area contributed by atoms with E-state index in [-0.39, 0.29) is 0 Å². The molecule has 0 N–H and O–H groups in total. The Morgan fingerprint density at radius 3 is 3.00 bits per heavy atom. The molecule has 1 atom stereocenters. The molecule has 1 aliphatic rings.